The van der Waals surface area contributed by atoms with Crippen molar-refractivity contribution in [3.05, 3.63) is 42.4 Å². The van der Waals surface area contributed by atoms with Crippen molar-refractivity contribution in [3.63, 3.8) is 0 Å². The summed E-state index contributed by atoms with van der Waals surface area (Å²) in [5, 5.41) is 4.28. The third kappa shape index (κ3) is 3.93. The Labute approximate surface area is 142 Å². The van der Waals surface area contributed by atoms with Crippen molar-refractivity contribution in [3.8, 4) is 0 Å². The molecule has 2 aromatic rings. The lowest BCUT2D eigenvalue weighted by atomic mass is 9.96. The van der Waals surface area contributed by atoms with Gasteiger partial charge in [0.05, 0.1) is 6.10 Å². The quantitative estimate of drug-likeness (QED) is 0.790. The van der Waals surface area contributed by atoms with Gasteiger partial charge in [0, 0.05) is 38.2 Å². The third-order valence-electron chi connectivity index (χ3n) is 4.27. The summed E-state index contributed by atoms with van der Waals surface area (Å²) in [5.41, 5.74) is 0.553. The number of aromatic nitrogens is 3. The first-order chi connectivity index (χ1) is 11.6. The van der Waals surface area contributed by atoms with E-state index in [1.54, 1.807) is 18.3 Å². The minimum atomic E-state index is -0.299. The molecule has 0 amide bonds. The molecule has 0 spiro atoms. The fraction of sp³-hybridized carbons (Fsp3) is 0.500. The van der Waals surface area contributed by atoms with Crippen LogP contribution in [0.1, 0.15) is 37.0 Å². The fourth-order valence-corrected chi connectivity index (χ4v) is 3.09. The normalized spacial score (nSPS) is 15.7. The summed E-state index contributed by atoms with van der Waals surface area (Å²) in [4.78, 5) is 18.9. The van der Waals surface area contributed by atoms with E-state index < -0.39 is 0 Å². The van der Waals surface area contributed by atoms with E-state index in [-0.39, 0.29) is 12.1 Å². The summed E-state index contributed by atoms with van der Waals surface area (Å²) >= 11 is 0. The highest BCUT2D eigenvalue weighted by molar-refractivity contribution is 5.94. The topological polar surface area (TPSA) is 60.2 Å². The molecule has 24 heavy (non-hydrogen) atoms. The molecule has 2 aromatic heterocycles. The minimum Gasteiger partial charge on any atom is -0.459 e. The van der Waals surface area contributed by atoms with Crippen LogP contribution in [0.3, 0.4) is 0 Å². The maximum absolute atomic E-state index is 12.3. The molecule has 3 heterocycles. The molecule has 6 heteroatoms. The molecule has 0 N–H and O–H groups in total. The second kappa shape index (κ2) is 7.47. The van der Waals surface area contributed by atoms with E-state index in [9.17, 15) is 4.79 Å². The highest BCUT2D eigenvalue weighted by Crippen LogP contribution is 2.26. The number of piperidine rings is 1. The molecule has 0 unspecified atom stereocenters. The van der Waals surface area contributed by atoms with Crippen molar-refractivity contribution in [2.45, 2.75) is 39.3 Å². The summed E-state index contributed by atoms with van der Waals surface area (Å²) in [6, 6.07) is 5.53. The van der Waals surface area contributed by atoms with Gasteiger partial charge in [-0.2, -0.15) is 5.10 Å². The number of hydrogen-bond acceptors (Lipinski definition) is 5. The van der Waals surface area contributed by atoms with Gasteiger partial charge in [-0.3, -0.25) is 4.68 Å². The number of anilines is 1. The smallest absolute Gasteiger partial charge is 0.342 e. The number of carbonyl (C=O) groups excluding carboxylic acids is 1. The van der Waals surface area contributed by atoms with Gasteiger partial charge in [-0.25, -0.2) is 9.78 Å². The van der Waals surface area contributed by atoms with Crippen LogP contribution in [0.25, 0.3) is 0 Å². The van der Waals surface area contributed by atoms with Crippen molar-refractivity contribution in [2.75, 3.05) is 18.0 Å². The molecule has 1 fully saturated rings. The number of hydrogen-bond donors (Lipinski definition) is 0. The highest BCUT2D eigenvalue weighted by Gasteiger charge is 2.25. The van der Waals surface area contributed by atoms with Gasteiger partial charge >= 0.3 is 5.97 Å². The largest absolute Gasteiger partial charge is 0.459 e. The lowest BCUT2D eigenvalue weighted by Gasteiger charge is -2.33. The van der Waals surface area contributed by atoms with Crippen molar-refractivity contribution in [2.24, 2.45) is 5.92 Å². The molecule has 1 saturated heterocycles. The zero-order valence-corrected chi connectivity index (χ0v) is 14.3. The SMILES string of the molecule is CC(C)OC(=O)c1cccnc1N1CCC(Cn2cccn2)CC1. The number of rotatable bonds is 5. The predicted octanol–water partition coefficient (Wildman–Crippen LogP) is 2.76. The van der Waals surface area contributed by atoms with Crippen molar-refractivity contribution < 1.29 is 9.53 Å². The summed E-state index contributed by atoms with van der Waals surface area (Å²) in [6.45, 7) is 6.45. The number of nitrogens with zero attached hydrogens (tertiary/aromatic N) is 4. The molecule has 0 radical (unpaired) electrons. The maximum atomic E-state index is 12.3. The Hall–Kier alpha value is -2.37. The summed E-state index contributed by atoms with van der Waals surface area (Å²) in [6.07, 6.45) is 7.55. The lowest BCUT2D eigenvalue weighted by molar-refractivity contribution is 0.0378. The zero-order valence-electron chi connectivity index (χ0n) is 14.3. The number of pyridine rings is 1. The zero-order chi connectivity index (χ0) is 16.9. The van der Waals surface area contributed by atoms with Gasteiger partial charge in [-0.1, -0.05) is 0 Å². The van der Waals surface area contributed by atoms with E-state index in [1.807, 2.05) is 37.0 Å². The molecule has 3 rings (SSSR count). The standard InChI is InChI=1S/C18H24N4O2/c1-14(2)24-18(23)16-5-3-8-19-17(16)21-11-6-15(7-12-21)13-22-10-4-9-20-22/h3-5,8-10,14-15H,6-7,11-13H2,1-2H3. The Morgan fingerprint density at radius 1 is 1.29 bits per heavy atom. The molecule has 6 nitrogen and oxygen atoms in total. The second-order valence-electron chi connectivity index (χ2n) is 6.49. The molecule has 0 aliphatic carbocycles. The van der Waals surface area contributed by atoms with Crippen molar-refractivity contribution in [1.29, 1.82) is 0 Å². The fourth-order valence-electron chi connectivity index (χ4n) is 3.09. The Balaban J connectivity index is 1.65. The summed E-state index contributed by atoms with van der Waals surface area (Å²) in [7, 11) is 0. The Morgan fingerprint density at radius 2 is 2.08 bits per heavy atom. The first-order valence-corrected chi connectivity index (χ1v) is 8.52. The van der Waals surface area contributed by atoms with Crippen molar-refractivity contribution in [1.82, 2.24) is 14.8 Å². The van der Waals surface area contributed by atoms with Gasteiger partial charge in [0.25, 0.3) is 0 Å². The molecule has 0 atom stereocenters. The average Bonchev–Trinajstić information content (AvgIpc) is 3.08. The van der Waals surface area contributed by atoms with Gasteiger partial charge in [0.1, 0.15) is 11.4 Å². The molecule has 0 bridgehead atoms. The van der Waals surface area contributed by atoms with Crippen LogP contribution in [0.15, 0.2) is 36.8 Å². The summed E-state index contributed by atoms with van der Waals surface area (Å²) < 4.78 is 7.33. The van der Waals surface area contributed by atoms with E-state index in [0.29, 0.717) is 11.5 Å². The third-order valence-corrected chi connectivity index (χ3v) is 4.27. The monoisotopic (exact) mass is 328 g/mol. The van der Waals surface area contributed by atoms with Gasteiger partial charge in [0.2, 0.25) is 0 Å². The second-order valence-corrected chi connectivity index (χ2v) is 6.49. The van der Waals surface area contributed by atoms with E-state index in [0.717, 1.165) is 38.3 Å². The van der Waals surface area contributed by atoms with E-state index in [2.05, 4.69) is 15.0 Å². The number of ether oxygens (including phenoxy) is 1. The molecule has 128 valence electrons. The maximum Gasteiger partial charge on any atom is 0.342 e. The first kappa shape index (κ1) is 16.5. The van der Waals surface area contributed by atoms with Gasteiger partial charge in [-0.15, -0.1) is 0 Å². The molecule has 1 aliphatic rings. The van der Waals surface area contributed by atoms with E-state index in [4.69, 9.17) is 4.74 Å². The Bertz CT molecular complexity index is 661. The van der Waals surface area contributed by atoms with Crippen LogP contribution in [0.5, 0.6) is 0 Å². The van der Waals surface area contributed by atoms with E-state index >= 15 is 0 Å². The van der Waals surface area contributed by atoms with Crippen LogP contribution in [-0.4, -0.2) is 39.9 Å². The van der Waals surface area contributed by atoms with Gasteiger partial charge in [-0.05, 0) is 50.8 Å². The van der Waals surface area contributed by atoms with Crippen LogP contribution in [0.4, 0.5) is 5.82 Å². The van der Waals surface area contributed by atoms with Crippen molar-refractivity contribution >= 4 is 11.8 Å². The van der Waals surface area contributed by atoms with Crippen LogP contribution < -0.4 is 4.90 Å². The number of esters is 1. The Morgan fingerprint density at radius 3 is 2.75 bits per heavy atom. The number of carbonyl (C=O) groups is 1. The Kier molecular flexibility index (Phi) is 5.13. The average molecular weight is 328 g/mol. The van der Waals surface area contributed by atoms with Crippen LogP contribution in [0.2, 0.25) is 0 Å². The first-order valence-electron chi connectivity index (χ1n) is 8.52. The molecular weight excluding hydrogens is 304 g/mol. The summed E-state index contributed by atoms with van der Waals surface area (Å²) in [5.74, 6) is 1.04. The molecule has 0 aromatic carbocycles. The molecular formula is C18H24N4O2. The van der Waals surface area contributed by atoms with Gasteiger partial charge < -0.3 is 9.64 Å². The molecule has 0 saturated carbocycles. The van der Waals surface area contributed by atoms with Crippen LogP contribution in [0, 0.1) is 5.92 Å². The lowest BCUT2D eigenvalue weighted by Crippen LogP contribution is -2.36. The van der Waals surface area contributed by atoms with Crippen LogP contribution in [-0.2, 0) is 11.3 Å². The van der Waals surface area contributed by atoms with Gasteiger partial charge in [0.15, 0.2) is 0 Å². The van der Waals surface area contributed by atoms with Crippen LogP contribution >= 0.6 is 0 Å². The minimum absolute atomic E-state index is 0.134. The highest BCUT2D eigenvalue weighted by atomic mass is 16.5. The van der Waals surface area contributed by atoms with E-state index in [1.165, 1.54) is 0 Å². The molecule has 1 aliphatic heterocycles. The predicted molar refractivity (Wildman–Crippen MR) is 92.0 cm³/mol.